The molecule has 112 valence electrons. The normalized spacial score (nSPS) is 22.7. The average Bonchev–Trinajstić information content (AvgIpc) is 2.95. The van der Waals surface area contributed by atoms with Crippen molar-refractivity contribution in [3.8, 4) is 0 Å². The molecule has 0 aromatic carbocycles. The van der Waals surface area contributed by atoms with Gasteiger partial charge in [-0.2, -0.15) is 0 Å². The molecule has 1 aromatic rings. The fraction of sp³-hybridized carbons (Fsp3) is 0.688. The summed E-state index contributed by atoms with van der Waals surface area (Å²) in [6.45, 7) is 5.28. The molecular formula is C16H26N2O2. The molecule has 2 rings (SSSR count). The Morgan fingerprint density at radius 1 is 1.25 bits per heavy atom. The lowest BCUT2D eigenvalue weighted by Gasteiger charge is -2.29. The van der Waals surface area contributed by atoms with E-state index in [2.05, 4.69) is 17.6 Å². The van der Waals surface area contributed by atoms with Crippen LogP contribution in [0.5, 0.6) is 0 Å². The molecule has 1 aromatic heterocycles. The van der Waals surface area contributed by atoms with Crippen LogP contribution >= 0.6 is 0 Å². The SMILES string of the molecule is CCCNC1CCC(NC(=O)c2ccoc2CC)CC1. The van der Waals surface area contributed by atoms with E-state index in [0.717, 1.165) is 44.4 Å². The Balaban J connectivity index is 1.79. The monoisotopic (exact) mass is 278 g/mol. The summed E-state index contributed by atoms with van der Waals surface area (Å²) in [5.74, 6) is 0.793. The van der Waals surface area contributed by atoms with E-state index < -0.39 is 0 Å². The standard InChI is InChI=1S/C16H26N2O2/c1-3-10-17-12-5-7-13(8-6-12)18-16(19)14-9-11-20-15(14)4-2/h9,11-13,17H,3-8,10H2,1-2H3,(H,18,19). The summed E-state index contributed by atoms with van der Waals surface area (Å²) in [6.07, 6.45) is 7.95. The quantitative estimate of drug-likeness (QED) is 0.841. The lowest BCUT2D eigenvalue weighted by atomic mass is 9.91. The van der Waals surface area contributed by atoms with E-state index >= 15 is 0 Å². The van der Waals surface area contributed by atoms with Crippen molar-refractivity contribution >= 4 is 5.91 Å². The Kier molecular flexibility index (Phi) is 5.65. The highest BCUT2D eigenvalue weighted by Crippen LogP contribution is 2.20. The molecular weight excluding hydrogens is 252 g/mol. The molecule has 2 N–H and O–H groups in total. The molecule has 1 fully saturated rings. The Labute approximate surface area is 121 Å². The van der Waals surface area contributed by atoms with E-state index in [1.807, 2.05) is 6.92 Å². The Morgan fingerprint density at radius 2 is 1.95 bits per heavy atom. The van der Waals surface area contributed by atoms with Gasteiger partial charge in [0.25, 0.3) is 5.91 Å². The van der Waals surface area contributed by atoms with E-state index in [1.54, 1.807) is 12.3 Å². The number of nitrogens with one attached hydrogen (secondary N) is 2. The van der Waals surface area contributed by atoms with Crippen LogP contribution < -0.4 is 10.6 Å². The lowest BCUT2D eigenvalue weighted by molar-refractivity contribution is 0.0922. The predicted molar refractivity (Wildman–Crippen MR) is 79.9 cm³/mol. The average molecular weight is 278 g/mol. The molecule has 4 nitrogen and oxygen atoms in total. The van der Waals surface area contributed by atoms with Gasteiger partial charge in [-0.25, -0.2) is 0 Å². The largest absolute Gasteiger partial charge is 0.469 e. The van der Waals surface area contributed by atoms with Crippen LogP contribution in [0.3, 0.4) is 0 Å². The van der Waals surface area contributed by atoms with Gasteiger partial charge in [0.2, 0.25) is 0 Å². The van der Waals surface area contributed by atoms with E-state index in [4.69, 9.17) is 4.42 Å². The molecule has 0 radical (unpaired) electrons. The maximum atomic E-state index is 12.2. The van der Waals surface area contributed by atoms with Gasteiger partial charge in [0, 0.05) is 18.5 Å². The lowest BCUT2D eigenvalue weighted by Crippen LogP contribution is -2.42. The third kappa shape index (κ3) is 3.85. The molecule has 20 heavy (non-hydrogen) atoms. The maximum Gasteiger partial charge on any atom is 0.255 e. The van der Waals surface area contributed by atoms with Gasteiger partial charge in [0.1, 0.15) is 5.76 Å². The number of aryl methyl sites for hydroxylation is 1. The molecule has 0 saturated heterocycles. The minimum absolute atomic E-state index is 0.0144. The minimum atomic E-state index is 0.0144. The van der Waals surface area contributed by atoms with Crippen molar-refractivity contribution < 1.29 is 9.21 Å². The van der Waals surface area contributed by atoms with Crippen molar-refractivity contribution in [2.75, 3.05) is 6.54 Å². The molecule has 0 atom stereocenters. The van der Waals surface area contributed by atoms with Gasteiger partial charge in [0.05, 0.1) is 11.8 Å². The second-order valence-corrected chi connectivity index (χ2v) is 5.59. The number of carbonyl (C=O) groups excluding carboxylic acids is 1. The van der Waals surface area contributed by atoms with Gasteiger partial charge in [-0.3, -0.25) is 4.79 Å². The molecule has 0 aliphatic heterocycles. The van der Waals surface area contributed by atoms with Crippen molar-refractivity contribution in [3.63, 3.8) is 0 Å². The number of amides is 1. The van der Waals surface area contributed by atoms with Crippen LogP contribution in [0.2, 0.25) is 0 Å². The second kappa shape index (κ2) is 7.48. The zero-order valence-electron chi connectivity index (χ0n) is 12.6. The summed E-state index contributed by atoms with van der Waals surface area (Å²) in [6, 6.07) is 2.70. The Bertz CT molecular complexity index is 420. The number of hydrogen-bond acceptors (Lipinski definition) is 3. The first-order valence-corrected chi connectivity index (χ1v) is 7.85. The summed E-state index contributed by atoms with van der Waals surface area (Å²) in [4.78, 5) is 12.2. The van der Waals surface area contributed by atoms with Crippen LogP contribution in [0, 0.1) is 0 Å². The number of rotatable bonds is 6. The van der Waals surface area contributed by atoms with Crippen molar-refractivity contribution in [3.05, 3.63) is 23.7 Å². The smallest absolute Gasteiger partial charge is 0.255 e. The van der Waals surface area contributed by atoms with Crippen LogP contribution in [0.4, 0.5) is 0 Å². The molecule has 1 amide bonds. The fourth-order valence-corrected chi connectivity index (χ4v) is 2.87. The minimum Gasteiger partial charge on any atom is -0.469 e. The van der Waals surface area contributed by atoms with Gasteiger partial charge in [-0.15, -0.1) is 0 Å². The first-order chi connectivity index (χ1) is 9.74. The van der Waals surface area contributed by atoms with Gasteiger partial charge in [-0.1, -0.05) is 13.8 Å². The van der Waals surface area contributed by atoms with Gasteiger partial charge in [-0.05, 0) is 44.7 Å². The van der Waals surface area contributed by atoms with E-state index in [1.165, 1.54) is 6.42 Å². The van der Waals surface area contributed by atoms with Crippen LogP contribution in [0.15, 0.2) is 16.7 Å². The summed E-state index contributed by atoms with van der Waals surface area (Å²) in [5, 5.41) is 6.71. The van der Waals surface area contributed by atoms with Crippen molar-refractivity contribution in [2.45, 2.75) is 64.5 Å². The van der Waals surface area contributed by atoms with Crippen molar-refractivity contribution in [1.29, 1.82) is 0 Å². The highest BCUT2D eigenvalue weighted by atomic mass is 16.3. The van der Waals surface area contributed by atoms with Crippen LogP contribution in [0.25, 0.3) is 0 Å². The first-order valence-electron chi connectivity index (χ1n) is 7.85. The van der Waals surface area contributed by atoms with Crippen LogP contribution in [-0.4, -0.2) is 24.5 Å². The van der Waals surface area contributed by atoms with Crippen molar-refractivity contribution in [2.24, 2.45) is 0 Å². The maximum absolute atomic E-state index is 12.2. The molecule has 1 heterocycles. The zero-order chi connectivity index (χ0) is 14.4. The molecule has 0 bridgehead atoms. The summed E-state index contributed by atoms with van der Waals surface area (Å²) in [5.41, 5.74) is 0.693. The fourth-order valence-electron chi connectivity index (χ4n) is 2.87. The number of hydrogen-bond donors (Lipinski definition) is 2. The Hall–Kier alpha value is -1.29. The number of carbonyl (C=O) groups is 1. The third-order valence-corrected chi connectivity index (χ3v) is 4.06. The molecule has 4 heteroatoms. The van der Waals surface area contributed by atoms with E-state index in [0.29, 0.717) is 17.6 Å². The van der Waals surface area contributed by atoms with Crippen LogP contribution in [0.1, 0.15) is 62.1 Å². The molecule has 1 aliphatic carbocycles. The van der Waals surface area contributed by atoms with E-state index in [-0.39, 0.29) is 5.91 Å². The van der Waals surface area contributed by atoms with Crippen LogP contribution in [-0.2, 0) is 6.42 Å². The highest BCUT2D eigenvalue weighted by Gasteiger charge is 2.23. The number of furan rings is 1. The van der Waals surface area contributed by atoms with Gasteiger partial charge >= 0.3 is 0 Å². The summed E-state index contributed by atoms with van der Waals surface area (Å²) < 4.78 is 5.31. The Morgan fingerprint density at radius 3 is 2.60 bits per heavy atom. The first kappa shape index (κ1) is 15.1. The van der Waals surface area contributed by atoms with Gasteiger partial charge < -0.3 is 15.1 Å². The molecule has 0 unspecified atom stereocenters. The second-order valence-electron chi connectivity index (χ2n) is 5.59. The summed E-state index contributed by atoms with van der Waals surface area (Å²) in [7, 11) is 0. The van der Waals surface area contributed by atoms with Gasteiger partial charge in [0.15, 0.2) is 0 Å². The predicted octanol–water partition coefficient (Wildman–Crippen LogP) is 2.88. The molecule has 0 spiro atoms. The molecule has 1 saturated carbocycles. The highest BCUT2D eigenvalue weighted by molar-refractivity contribution is 5.95. The third-order valence-electron chi connectivity index (χ3n) is 4.06. The van der Waals surface area contributed by atoms with E-state index in [9.17, 15) is 4.79 Å². The topological polar surface area (TPSA) is 54.3 Å². The summed E-state index contributed by atoms with van der Waals surface area (Å²) >= 11 is 0. The zero-order valence-corrected chi connectivity index (χ0v) is 12.6. The molecule has 1 aliphatic rings. The van der Waals surface area contributed by atoms with Crippen molar-refractivity contribution in [1.82, 2.24) is 10.6 Å².